The van der Waals surface area contributed by atoms with Crippen LogP contribution in [0.1, 0.15) is 62.1 Å². The van der Waals surface area contributed by atoms with Gasteiger partial charge in [0.05, 0.1) is 33.4 Å². The number of nitrogens with zero attached hydrogens (tertiary/aromatic N) is 3. The van der Waals surface area contributed by atoms with E-state index in [0.717, 1.165) is 54.6 Å². The van der Waals surface area contributed by atoms with E-state index < -0.39 is 69.2 Å². The molecule has 0 atom stereocenters. The molecule has 0 fully saturated rings. The van der Waals surface area contributed by atoms with Crippen LogP contribution in [0.4, 0.5) is 34.9 Å². The molecule has 3 aromatic carbocycles. The van der Waals surface area contributed by atoms with Crippen molar-refractivity contribution in [2.45, 2.75) is 0 Å². The number of aromatic carboxylic acids is 6. The van der Waals surface area contributed by atoms with Crippen molar-refractivity contribution in [3.8, 4) is 0 Å². The summed E-state index contributed by atoms with van der Waals surface area (Å²) in [4.78, 5) is 81.6. The summed E-state index contributed by atoms with van der Waals surface area (Å²) >= 11 is 0. The number of carbonyl (C=O) groups is 6. The third-order valence-corrected chi connectivity index (χ3v) is 5.68. The third kappa shape index (κ3) is 7.60. The summed E-state index contributed by atoms with van der Waals surface area (Å²) in [6.45, 7) is 0. The minimum atomic E-state index is -1.44. The number of carboxylic acid groups (broad SMARTS) is 6. The second-order valence-electron chi connectivity index (χ2n) is 8.91. The highest BCUT2D eigenvalue weighted by Gasteiger charge is 2.17. The lowest BCUT2D eigenvalue weighted by atomic mass is 10.1. The summed E-state index contributed by atoms with van der Waals surface area (Å²) in [7, 11) is 0. The maximum Gasteiger partial charge on any atom is 0.335 e. The predicted octanol–water partition coefficient (Wildman–Crippen LogP) is 3.29. The Labute approximate surface area is 249 Å². The molecule has 45 heavy (non-hydrogen) atoms. The van der Waals surface area contributed by atoms with Gasteiger partial charge in [0.2, 0.25) is 17.8 Å². The number of anilines is 6. The molecule has 228 valence electrons. The molecule has 0 saturated heterocycles. The summed E-state index contributed by atoms with van der Waals surface area (Å²) in [6, 6.07) is 9.17. The van der Waals surface area contributed by atoms with Crippen LogP contribution in [0.5, 0.6) is 0 Å². The molecule has 4 aromatic rings. The average molecular weight is 618 g/mol. The molecule has 0 bridgehead atoms. The standard InChI is InChI=1S/C27H18N6O12/c34-19(35)10-1-11(20(36)37)5-16(4-10)28-25-31-26(29-17-6-12(21(38)39)2-13(7-17)22(40)41)33-27(32-25)30-18-8-14(23(42)43)3-15(9-18)24(44)45/h1-9H,(H,34,35)(H,36,37)(H,38,39)(H,40,41)(H,42,43)(H,44,45)(H3,28,29,30,31,32,33). The number of rotatable bonds is 12. The minimum absolute atomic E-state index is 0.0996. The topological polar surface area (TPSA) is 299 Å². The molecule has 18 heteroatoms. The zero-order valence-electron chi connectivity index (χ0n) is 22.2. The van der Waals surface area contributed by atoms with Gasteiger partial charge in [-0.15, -0.1) is 0 Å². The van der Waals surface area contributed by atoms with Crippen molar-refractivity contribution in [1.82, 2.24) is 15.0 Å². The lowest BCUT2D eigenvalue weighted by molar-refractivity contribution is 0.0676. The molecule has 0 radical (unpaired) electrons. The largest absolute Gasteiger partial charge is 0.478 e. The van der Waals surface area contributed by atoms with Gasteiger partial charge in [0.15, 0.2) is 0 Å². The van der Waals surface area contributed by atoms with Crippen molar-refractivity contribution < 1.29 is 59.4 Å². The summed E-state index contributed by atoms with van der Waals surface area (Å²) in [6.07, 6.45) is 0. The number of carboxylic acids is 6. The molecule has 0 aliphatic heterocycles. The van der Waals surface area contributed by atoms with E-state index in [1.165, 1.54) is 0 Å². The number of nitrogens with one attached hydrogen (secondary N) is 3. The predicted molar refractivity (Wildman–Crippen MR) is 151 cm³/mol. The smallest absolute Gasteiger partial charge is 0.335 e. The van der Waals surface area contributed by atoms with E-state index in [-0.39, 0.29) is 34.9 Å². The lowest BCUT2D eigenvalue weighted by Crippen LogP contribution is -2.10. The first-order chi connectivity index (χ1) is 21.2. The van der Waals surface area contributed by atoms with E-state index in [4.69, 9.17) is 0 Å². The Hall–Kier alpha value is -7.11. The van der Waals surface area contributed by atoms with Gasteiger partial charge in [-0.3, -0.25) is 0 Å². The van der Waals surface area contributed by atoms with Crippen LogP contribution in [0.3, 0.4) is 0 Å². The highest BCUT2D eigenvalue weighted by Crippen LogP contribution is 2.25. The molecule has 0 saturated carbocycles. The molecule has 0 aliphatic rings. The number of hydrogen-bond acceptors (Lipinski definition) is 12. The highest BCUT2D eigenvalue weighted by atomic mass is 16.4. The van der Waals surface area contributed by atoms with Crippen molar-refractivity contribution >= 4 is 70.7 Å². The van der Waals surface area contributed by atoms with Gasteiger partial charge in [0, 0.05) is 17.1 Å². The zero-order valence-corrected chi connectivity index (χ0v) is 22.2. The van der Waals surface area contributed by atoms with Crippen LogP contribution in [-0.2, 0) is 0 Å². The molecule has 0 aliphatic carbocycles. The molecular weight excluding hydrogens is 600 g/mol. The Balaban J connectivity index is 1.83. The molecule has 1 aromatic heterocycles. The van der Waals surface area contributed by atoms with E-state index >= 15 is 0 Å². The summed E-state index contributed by atoms with van der Waals surface area (Å²) in [5, 5.41) is 64.2. The normalized spacial score (nSPS) is 10.4. The fourth-order valence-corrected chi connectivity index (χ4v) is 3.77. The second kappa shape index (κ2) is 12.4. The minimum Gasteiger partial charge on any atom is -0.478 e. The maximum atomic E-state index is 11.5. The van der Waals surface area contributed by atoms with Crippen LogP contribution in [0.15, 0.2) is 54.6 Å². The Morgan fingerprint density at radius 2 is 0.533 bits per heavy atom. The molecule has 18 nitrogen and oxygen atoms in total. The lowest BCUT2D eigenvalue weighted by Gasteiger charge is -2.13. The Morgan fingerprint density at radius 3 is 0.689 bits per heavy atom. The van der Waals surface area contributed by atoms with Gasteiger partial charge >= 0.3 is 35.8 Å². The first kappa shape index (κ1) is 30.8. The molecule has 0 unspecified atom stereocenters. The molecule has 4 rings (SSSR count). The number of hydrogen-bond donors (Lipinski definition) is 9. The van der Waals surface area contributed by atoms with Crippen LogP contribution in [0.2, 0.25) is 0 Å². The van der Waals surface area contributed by atoms with Crippen LogP contribution >= 0.6 is 0 Å². The van der Waals surface area contributed by atoms with Gasteiger partial charge in [-0.25, -0.2) is 28.8 Å². The molecule has 0 spiro atoms. The van der Waals surface area contributed by atoms with Crippen molar-refractivity contribution in [3.05, 3.63) is 88.0 Å². The Kier molecular flexibility index (Phi) is 8.50. The number of benzene rings is 3. The van der Waals surface area contributed by atoms with Crippen LogP contribution < -0.4 is 16.0 Å². The van der Waals surface area contributed by atoms with Crippen molar-refractivity contribution in [2.75, 3.05) is 16.0 Å². The van der Waals surface area contributed by atoms with Gasteiger partial charge < -0.3 is 46.6 Å². The average Bonchev–Trinajstić information content (AvgIpc) is 2.96. The zero-order chi connectivity index (χ0) is 33.0. The highest BCUT2D eigenvalue weighted by molar-refractivity contribution is 5.97. The third-order valence-electron chi connectivity index (χ3n) is 5.68. The molecule has 1 heterocycles. The van der Waals surface area contributed by atoms with Crippen molar-refractivity contribution in [2.24, 2.45) is 0 Å². The van der Waals surface area contributed by atoms with E-state index in [1.54, 1.807) is 0 Å². The summed E-state index contributed by atoms with van der Waals surface area (Å²) in [5.74, 6) is -9.76. The van der Waals surface area contributed by atoms with Gasteiger partial charge in [-0.2, -0.15) is 15.0 Å². The van der Waals surface area contributed by atoms with E-state index in [9.17, 15) is 59.4 Å². The van der Waals surface area contributed by atoms with E-state index in [0.29, 0.717) is 0 Å². The summed E-state index contributed by atoms with van der Waals surface area (Å²) in [5.41, 5.74) is -2.71. The molecule has 9 N–H and O–H groups in total. The maximum absolute atomic E-state index is 11.5. The monoisotopic (exact) mass is 618 g/mol. The van der Waals surface area contributed by atoms with Gasteiger partial charge in [0.1, 0.15) is 0 Å². The van der Waals surface area contributed by atoms with Crippen molar-refractivity contribution in [1.29, 1.82) is 0 Å². The fraction of sp³-hybridized carbons (Fsp3) is 0. The van der Waals surface area contributed by atoms with Gasteiger partial charge in [0.25, 0.3) is 0 Å². The van der Waals surface area contributed by atoms with Gasteiger partial charge in [-0.1, -0.05) is 0 Å². The Bertz CT molecular complexity index is 1600. The van der Waals surface area contributed by atoms with E-state index in [2.05, 4.69) is 30.9 Å². The SMILES string of the molecule is O=C(O)c1cc(Nc2nc(Nc3cc(C(=O)O)cc(C(=O)O)c3)nc(Nc3cc(C(=O)O)cc(C(=O)O)c3)n2)cc(C(=O)O)c1. The van der Waals surface area contributed by atoms with Crippen LogP contribution in [-0.4, -0.2) is 81.4 Å². The number of aromatic nitrogens is 3. The van der Waals surface area contributed by atoms with Crippen LogP contribution in [0, 0.1) is 0 Å². The second-order valence-corrected chi connectivity index (χ2v) is 8.91. The molecular formula is C27H18N6O12. The quantitative estimate of drug-likeness (QED) is 0.110. The first-order valence-electron chi connectivity index (χ1n) is 12.1. The fourth-order valence-electron chi connectivity index (χ4n) is 3.77. The first-order valence-corrected chi connectivity index (χ1v) is 12.1. The van der Waals surface area contributed by atoms with Crippen LogP contribution in [0.25, 0.3) is 0 Å². The molecule has 0 amide bonds. The van der Waals surface area contributed by atoms with E-state index in [1.807, 2.05) is 0 Å². The van der Waals surface area contributed by atoms with Gasteiger partial charge in [-0.05, 0) is 54.6 Å². The Morgan fingerprint density at radius 1 is 0.356 bits per heavy atom. The summed E-state index contributed by atoms with van der Waals surface area (Å²) < 4.78 is 0. The van der Waals surface area contributed by atoms with Crippen molar-refractivity contribution in [3.63, 3.8) is 0 Å².